The van der Waals surface area contributed by atoms with Gasteiger partial charge in [-0.1, -0.05) is 0 Å². The number of benzene rings is 1. The van der Waals surface area contributed by atoms with Crippen molar-refractivity contribution in [3.8, 4) is 11.5 Å². The summed E-state index contributed by atoms with van der Waals surface area (Å²) in [6, 6.07) is 4.08. The molecule has 2 nitrogen and oxygen atoms in total. The van der Waals surface area contributed by atoms with Crippen LogP contribution in [0.4, 0.5) is 0 Å². The van der Waals surface area contributed by atoms with E-state index in [-0.39, 0.29) is 0 Å². The molecule has 3 heteroatoms. The van der Waals surface area contributed by atoms with Crippen LogP contribution >= 0.6 is 0 Å². The van der Waals surface area contributed by atoms with E-state index < -0.39 is 0 Å². The van der Waals surface area contributed by atoms with Gasteiger partial charge in [0.25, 0.3) is 0 Å². The summed E-state index contributed by atoms with van der Waals surface area (Å²) < 4.78 is 11.7. The van der Waals surface area contributed by atoms with E-state index in [0.29, 0.717) is 5.92 Å². The van der Waals surface area contributed by atoms with E-state index in [0.717, 1.165) is 11.5 Å². The molecule has 72 valence electrons. The maximum absolute atomic E-state index is 5.26. The van der Waals surface area contributed by atoms with Gasteiger partial charge >= 0.3 is 94.6 Å². The Kier molecular flexibility index (Phi) is 3.92. The van der Waals surface area contributed by atoms with E-state index in [2.05, 4.69) is 37.6 Å². The van der Waals surface area contributed by atoms with Crippen LogP contribution < -0.4 is 13.7 Å². The molecule has 0 aliphatic rings. The standard InChI is InChI=1S/C11H15O2.Li/c1-8(2)9-5-6-10(12-3)11(7-9)13-4;/h6-8H,1-4H3;. The Bertz CT molecular complexity index is 321. The van der Waals surface area contributed by atoms with Gasteiger partial charge in [0.1, 0.15) is 0 Å². The Hall–Kier alpha value is -0.583. The molecule has 14 heavy (non-hydrogen) atoms. The van der Waals surface area contributed by atoms with Crippen molar-refractivity contribution < 1.29 is 9.47 Å². The third-order valence-electron chi connectivity index (χ3n) is 2.39. The molecular formula is C11H15LiO2. The van der Waals surface area contributed by atoms with Crippen molar-refractivity contribution in [1.82, 2.24) is 0 Å². The minimum absolute atomic E-state index is 0.509. The zero-order valence-electron chi connectivity index (χ0n) is 9.55. The average molecular weight is 186 g/mol. The second-order valence-corrected chi connectivity index (χ2v) is 3.72. The average Bonchev–Trinajstić information content (AvgIpc) is 2.16. The van der Waals surface area contributed by atoms with Gasteiger partial charge in [-0.15, -0.1) is 0 Å². The van der Waals surface area contributed by atoms with E-state index in [1.165, 1.54) is 9.80 Å². The Morgan fingerprint density at radius 1 is 1.07 bits per heavy atom. The van der Waals surface area contributed by atoms with E-state index in [1.807, 2.05) is 6.07 Å². The summed E-state index contributed by atoms with van der Waals surface area (Å²) in [6.07, 6.45) is 0. The van der Waals surface area contributed by atoms with Crippen molar-refractivity contribution in [2.45, 2.75) is 19.8 Å². The third-order valence-corrected chi connectivity index (χ3v) is 2.39. The molecule has 0 heterocycles. The van der Waals surface area contributed by atoms with Crippen LogP contribution in [0.15, 0.2) is 12.1 Å². The van der Waals surface area contributed by atoms with Crippen molar-refractivity contribution >= 4 is 22.0 Å². The number of methoxy groups -OCH3 is 2. The molecule has 0 aromatic heterocycles. The molecule has 0 atom stereocenters. The predicted octanol–water partition coefficient (Wildman–Crippen LogP) is 1.62. The first-order valence-corrected chi connectivity index (χ1v) is 4.82. The fourth-order valence-electron chi connectivity index (χ4n) is 1.62. The zero-order chi connectivity index (χ0) is 10.7. The quantitative estimate of drug-likeness (QED) is 0.668. The van der Waals surface area contributed by atoms with E-state index in [9.17, 15) is 0 Å². The van der Waals surface area contributed by atoms with Gasteiger partial charge in [0.05, 0.1) is 0 Å². The first-order valence-electron chi connectivity index (χ1n) is 4.82. The molecule has 0 aliphatic heterocycles. The van der Waals surface area contributed by atoms with Crippen molar-refractivity contribution in [2.75, 3.05) is 14.2 Å². The molecule has 0 bridgehead atoms. The maximum atomic E-state index is 5.26. The molecule has 0 saturated carbocycles. The van der Waals surface area contributed by atoms with E-state index in [1.54, 1.807) is 14.2 Å². The van der Waals surface area contributed by atoms with Crippen LogP contribution in [0.3, 0.4) is 0 Å². The minimum atomic E-state index is 0.509. The monoisotopic (exact) mass is 186 g/mol. The van der Waals surface area contributed by atoms with Gasteiger partial charge in [-0.05, 0) is 0 Å². The number of ether oxygens (including phenoxy) is 2. The Labute approximate surface area is 94.8 Å². The Balaban J connectivity index is 3.23. The summed E-state index contributed by atoms with van der Waals surface area (Å²) in [4.78, 5) is 0. The zero-order valence-corrected chi connectivity index (χ0v) is 9.55. The molecule has 0 spiro atoms. The predicted molar refractivity (Wildman–Crippen MR) is 59.0 cm³/mol. The molecule has 1 aromatic rings. The van der Waals surface area contributed by atoms with E-state index in [4.69, 9.17) is 9.47 Å². The summed E-state index contributed by atoms with van der Waals surface area (Å²) in [6.45, 7) is 4.35. The molecular weight excluding hydrogens is 171 g/mol. The van der Waals surface area contributed by atoms with Gasteiger partial charge in [0.15, 0.2) is 0 Å². The van der Waals surface area contributed by atoms with Crippen LogP contribution in [0.25, 0.3) is 0 Å². The van der Waals surface area contributed by atoms with Gasteiger partial charge < -0.3 is 0 Å². The molecule has 1 rings (SSSR count). The molecule has 0 unspecified atom stereocenters. The summed E-state index contributed by atoms with van der Waals surface area (Å²) in [5.41, 5.74) is 1.31. The topological polar surface area (TPSA) is 18.5 Å². The van der Waals surface area contributed by atoms with Gasteiger partial charge in [-0.3, -0.25) is 0 Å². The Morgan fingerprint density at radius 3 is 2.00 bits per heavy atom. The van der Waals surface area contributed by atoms with Gasteiger partial charge in [-0.2, -0.15) is 0 Å². The molecule has 0 amide bonds. The number of hydrogen-bond acceptors (Lipinski definition) is 2. The van der Waals surface area contributed by atoms with Gasteiger partial charge in [-0.25, -0.2) is 0 Å². The first-order chi connectivity index (χ1) is 6.60. The molecule has 0 fully saturated rings. The van der Waals surface area contributed by atoms with Crippen molar-refractivity contribution in [1.29, 1.82) is 0 Å². The molecule has 0 N–H and O–H groups in total. The molecule has 0 saturated heterocycles. The second kappa shape index (κ2) is 4.77. The van der Waals surface area contributed by atoms with Gasteiger partial charge in [0.2, 0.25) is 0 Å². The summed E-state index contributed by atoms with van der Waals surface area (Å²) in [7, 11) is 3.32. The fourth-order valence-corrected chi connectivity index (χ4v) is 1.62. The third kappa shape index (κ3) is 2.26. The van der Waals surface area contributed by atoms with Crippen molar-refractivity contribution in [2.24, 2.45) is 0 Å². The van der Waals surface area contributed by atoms with Crippen LogP contribution in [0.1, 0.15) is 25.3 Å². The van der Waals surface area contributed by atoms with Crippen LogP contribution in [-0.4, -0.2) is 31.9 Å². The second-order valence-electron chi connectivity index (χ2n) is 3.72. The van der Waals surface area contributed by atoms with Crippen molar-refractivity contribution in [3.05, 3.63) is 17.7 Å². The van der Waals surface area contributed by atoms with Gasteiger partial charge in [0, 0.05) is 0 Å². The fraction of sp³-hybridized carbons (Fsp3) is 0.455. The van der Waals surface area contributed by atoms with Crippen LogP contribution in [0.5, 0.6) is 11.5 Å². The van der Waals surface area contributed by atoms with Crippen LogP contribution in [-0.2, 0) is 0 Å². The van der Waals surface area contributed by atoms with Crippen LogP contribution in [0.2, 0.25) is 0 Å². The van der Waals surface area contributed by atoms with Crippen LogP contribution in [0, 0.1) is 0 Å². The molecule has 1 aromatic carbocycles. The normalized spacial score (nSPS) is 10.5. The van der Waals surface area contributed by atoms with Crippen molar-refractivity contribution in [3.63, 3.8) is 0 Å². The summed E-state index contributed by atoms with van der Waals surface area (Å²) in [5, 5.41) is 0. The summed E-state index contributed by atoms with van der Waals surface area (Å²) >= 11 is 2.09. The number of hydrogen-bond donors (Lipinski definition) is 0. The van der Waals surface area contributed by atoms with E-state index >= 15 is 0 Å². The Morgan fingerprint density at radius 2 is 1.57 bits per heavy atom. The molecule has 0 aliphatic carbocycles. The first kappa shape index (κ1) is 11.5. The summed E-state index contributed by atoms with van der Waals surface area (Å²) in [5.74, 6) is 2.12. The number of rotatable bonds is 3. The molecule has 0 radical (unpaired) electrons. The SMILES string of the molecule is [Li][c]1cc(OC)c(OC)cc1C(C)C.